The molecule has 2 aliphatic carbocycles. The lowest BCUT2D eigenvalue weighted by molar-refractivity contribution is -0.0119. The number of benzene rings is 1. The number of nitrogens with zero attached hydrogens (tertiary/aromatic N) is 2. The van der Waals surface area contributed by atoms with Crippen molar-refractivity contribution in [1.29, 1.82) is 0 Å². The van der Waals surface area contributed by atoms with E-state index in [0.29, 0.717) is 48.2 Å². The Labute approximate surface area is 181 Å². The van der Waals surface area contributed by atoms with E-state index < -0.39 is 18.1 Å². The number of anilines is 1. The molecule has 0 spiro atoms. The van der Waals surface area contributed by atoms with Gasteiger partial charge in [0.1, 0.15) is 0 Å². The number of Topliss-reactive ketones (excluding diaryl/α,β-unsaturated/α-hetero) is 1. The smallest absolute Gasteiger partial charge is 0.250 e. The van der Waals surface area contributed by atoms with Crippen molar-refractivity contribution in [3.8, 4) is 5.69 Å². The van der Waals surface area contributed by atoms with Gasteiger partial charge in [-0.05, 0) is 56.2 Å². The highest BCUT2D eigenvalue weighted by atomic mass is 16.3. The van der Waals surface area contributed by atoms with Crippen LogP contribution >= 0.6 is 0 Å². The molecule has 0 saturated heterocycles. The molecule has 0 bridgehead atoms. The Morgan fingerprint density at radius 1 is 1.23 bits per heavy atom. The summed E-state index contributed by atoms with van der Waals surface area (Å²) in [7, 11) is 0. The summed E-state index contributed by atoms with van der Waals surface area (Å²) in [4.78, 5) is 24.7. The first-order valence-electron chi connectivity index (χ1n) is 10.7. The van der Waals surface area contributed by atoms with Gasteiger partial charge < -0.3 is 21.3 Å². The monoisotopic (exact) mass is 426 g/mol. The highest BCUT2D eigenvalue weighted by Gasteiger charge is 2.36. The van der Waals surface area contributed by atoms with Crippen LogP contribution in [0.5, 0.6) is 0 Å². The van der Waals surface area contributed by atoms with Gasteiger partial charge in [0.2, 0.25) is 0 Å². The van der Waals surface area contributed by atoms with Crippen LogP contribution in [-0.4, -0.2) is 49.9 Å². The van der Waals surface area contributed by atoms with Gasteiger partial charge in [0, 0.05) is 18.2 Å². The number of hydrogen-bond donors (Lipinski definition) is 4. The highest BCUT2D eigenvalue weighted by molar-refractivity contribution is 6.00. The fraction of sp³-hybridized carbons (Fsp3) is 0.522. The number of nitrogens with one attached hydrogen (secondary N) is 1. The maximum Gasteiger partial charge on any atom is 0.250 e. The summed E-state index contributed by atoms with van der Waals surface area (Å²) < 4.78 is 1.79. The lowest BCUT2D eigenvalue weighted by atomic mass is 9.75. The predicted molar refractivity (Wildman–Crippen MR) is 117 cm³/mol. The van der Waals surface area contributed by atoms with Gasteiger partial charge in [-0.2, -0.15) is 5.10 Å². The van der Waals surface area contributed by atoms with E-state index in [9.17, 15) is 19.8 Å². The molecule has 8 nitrogen and oxygen atoms in total. The van der Waals surface area contributed by atoms with E-state index in [2.05, 4.69) is 24.3 Å². The molecule has 0 aliphatic heterocycles. The summed E-state index contributed by atoms with van der Waals surface area (Å²) in [6.07, 6.45) is 1.22. The lowest BCUT2D eigenvalue weighted by Gasteiger charge is -2.31. The average molecular weight is 427 g/mol. The Morgan fingerprint density at radius 2 is 1.97 bits per heavy atom. The molecule has 1 aromatic heterocycles. The minimum Gasteiger partial charge on any atom is -0.390 e. The Kier molecular flexibility index (Phi) is 5.39. The Balaban J connectivity index is 1.73. The Bertz CT molecular complexity index is 1040. The quantitative estimate of drug-likeness (QED) is 0.592. The number of primary amides is 1. The van der Waals surface area contributed by atoms with E-state index in [0.717, 1.165) is 17.8 Å². The first-order valence-corrected chi connectivity index (χ1v) is 10.7. The van der Waals surface area contributed by atoms with E-state index in [1.165, 1.54) is 0 Å². The molecule has 31 heavy (non-hydrogen) atoms. The molecule has 1 saturated carbocycles. The van der Waals surface area contributed by atoms with Gasteiger partial charge in [-0.15, -0.1) is 0 Å². The fourth-order valence-electron chi connectivity index (χ4n) is 4.83. The standard InChI is InChI=1S/C23H30N4O4/c1-12-21-17(10-23(2,3)11-20(21)30)27(26-12)14-5-6-15(22(24)31)16(9-14)25-13-4-7-18(28)19(29)8-13/h5-6,9,13,18-19,25,28-29H,4,7-8,10-11H2,1-3H3,(H2,24,31). The van der Waals surface area contributed by atoms with Crippen molar-refractivity contribution in [3.63, 3.8) is 0 Å². The van der Waals surface area contributed by atoms with Crippen LogP contribution in [-0.2, 0) is 6.42 Å². The average Bonchev–Trinajstić information content (AvgIpc) is 2.99. The second-order valence-corrected chi connectivity index (χ2v) is 9.64. The molecule has 4 rings (SSSR count). The van der Waals surface area contributed by atoms with E-state index in [1.807, 2.05) is 13.0 Å². The van der Waals surface area contributed by atoms with Crippen LogP contribution in [0.3, 0.4) is 0 Å². The number of carbonyl (C=O) groups is 2. The minimum absolute atomic E-state index is 0.0967. The zero-order valence-corrected chi connectivity index (χ0v) is 18.2. The molecule has 1 aromatic carbocycles. The van der Waals surface area contributed by atoms with Crippen molar-refractivity contribution >= 4 is 17.4 Å². The van der Waals surface area contributed by atoms with Crippen LogP contribution in [0.15, 0.2) is 18.2 Å². The molecule has 166 valence electrons. The van der Waals surface area contributed by atoms with Crippen molar-refractivity contribution < 1.29 is 19.8 Å². The summed E-state index contributed by atoms with van der Waals surface area (Å²) in [5, 5.41) is 27.8. The first kappa shape index (κ1) is 21.5. The summed E-state index contributed by atoms with van der Waals surface area (Å²) in [6, 6.07) is 5.16. The van der Waals surface area contributed by atoms with Gasteiger partial charge in [-0.25, -0.2) is 4.68 Å². The SMILES string of the molecule is Cc1nn(-c2ccc(C(N)=O)c(NC3CCC(O)C(O)C3)c2)c2c1C(=O)CC(C)(C)C2. The van der Waals surface area contributed by atoms with Crippen molar-refractivity contribution in [2.24, 2.45) is 11.1 Å². The summed E-state index contributed by atoms with van der Waals surface area (Å²) in [6.45, 7) is 6.00. The van der Waals surface area contributed by atoms with E-state index in [4.69, 9.17) is 5.73 Å². The van der Waals surface area contributed by atoms with E-state index in [-0.39, 0.29) is 17.2 Å². The van der Waals surface area contributed by atoms with Gasteiger partial charge in [0.05, 0.1) is 40.4 Å². The number of aliphatic hydroxyl groups is 2. The van der Waals surface area contributed by atoms with E-state index in [1.54, 1.807) is 16.8 Å². The number of fused-ring (bicyclic) bond motifs is 1. The third-order valence-corrected chi connectivity index (χ3v) is 6.37. The zero-order valence-electron chi connectivity index (χ0n) is 18.2. The van der Waals surface area contributed by atoms with Gasteiger partial charge in [-0.1, -0.05) is 13.8 Å². The van der Waals surface area contributed by atoms with Gasteiger partial charge in [-0.3, -0.25) is 9.59 Å². The number of aliphatic hydroxyl groups excluding tert-OH is 2. The van der Waals surface area contributed by atoms with Crippen molar-refractivity contribution in [2.75, 3.05) is 5.32 Å². The number of aryl methyl sites for hydroxylation is 1. The number of nitrogens with two attached hydrogens (primary N) is 1. The van der Waals surface area contributed by atoms with Crippen molar-refractivity contribution in [2.45, 2.75) is 71.1 Å². The van der Waals surface area contributed by atoms with Crippen LogP contribution in [0.25, 0.3) is 5.69 Å². The topological polar surface area (TPSA) is 130 Å². The number of amides is 1. The van der Waals surface area contributed by atoms with Crippen LogP contribution in [0.1, 0.15) is 71.6 Å². The predicted octanol–water partition coefficient (Wildman–Crippen LogP) is 2.12. The largest absolute Gasteiger partial charge is 0.390 e. The first-order chi connectivity index (χ1) is 14.6. The second-order valence-electron chi connectivity index (χ2n) is 9.64. The summed E-state index contributed by atoms with van der Waals surface area (Å²) >= 11 is 0. The molecule has 3 unspecified atom stereocenters. The fourth-order valence-corrected chi connectivity index (χ4v) is 4.83. The number of rotatable bonds is 4. The van der Waals surface area contributed by atoms with Gasteiger partial charge >= 0.3 is 0 Å². The number of ketones is 1. The van der Waals surface area contributed by atoms with Crippen molar-refractivity contribution in [3.05, 3.63) is 40.7 Å². The van der Waals surface area contributed by atoms with Crippen LogP contribution in [0, 0.1) is 12.3 Å². The molecule has 0 radical (unpaired) electrons. The molecule has 1 amide bonds. The van der Waals surface area contributed by atoms with Crippen LogP contribution in [0.2, 0.25) is 0 Å². The maximum absolute atomic E-state index is 12.7. The maximum atomic E-state index is 12.7. The third kappa shape index (κ3) is 4.09. The van der Waals surface area contributed by atoms with Crippen LogP contribution < -0.4 is 11.1 Å². The molecule has 5 N–H and O–H groups in total. The zero-order chi connectivity index (χ0) is 22.5. The third-order valence-electron chi connectivity index (χ3n) is 6.37. The van der Waals surface area contributed by atoms with Crippen molar-refractivity contribution in [1.82, 2.24) is 9.78 Å². The van der Waals surface area contributed by atoms with E-state index >= 15 is 0 Å². The highest BCUT2D eigenvalue weighted by Crippen LogP contribution is 2.37. The summed E-state index contributed by atoms with van der Waals surface area (Å²) in [5.41, 5.74) is 9.35. The Morgan fingerprint density at radius 3 is 2.65 bits per heavy atom. The number of aromatic nitrogens is 2. The molecule has 3 atom stereocenters. The van der Waals surface area contributed by atoms with Gasteiger partial charge in [0.15, 0.2) is 5.78 Å². The normalized spacial score (nSPS) is 25.2. The number of hydrogen-bond acceptors (Lipinski definition) is 6. The molecule has 2 aliphatic rings. The second kappa shape index (κ2) is 7.76. The Hall–Kier alpha value is -2.71. The lowest BCUT2D eigenvalue weighted by Crippen LogP contribution is -2.39. The minimum atomic E-state index is -0.805. The molecule has 2 aromatic rings. The molecule has 8 heteroatoms. The summed E-state index contributed by atoms with van der Waals surface area (Å²) in [5.74, 6) is -0.447. The van der Waals surface area contributed by atoms with Crippen LogP contribution in [0.4, 0.5) is 5.69 Å². The van der Waals surface area contributed by atoms with Gasteiger partial charge in [0.25, 0.3) is 5.91 Å². The molecule has 1 heterocycles. The molecule has 1 fully saturated rings. The molecular weight excluding hydrogens is 396 g/mol. The number of carbonyl (C=O) groups excluding carboxylic acids is 2. The molecular formula is C23H30N4O4.